The maximum atomic E-state index is 12.6. The number of nitrogens with zero attached hydrogens (tertiary/aromatic N) is 4. The number of methoxy groups -OCH3 is 1. The largest absolute Gasteiger partial charge is 0.497 e. The molecule has 35 heavy (non-hydrogen) atoms. The summed E-state index contributed by atoms with van der Waals surface area (Å²) in [6.07, 6.45) is 4.26. The first kappa shape index (κ1) is 24.5. The molecule has 2 heterocycles. The van der Waals surface area contributed by atoms with E-state index in [0.717, 1.165) is 29.0 Å². The van der Waals surface area contributed by atoms with Crippen molar-refractivity contribution in [1.82, 2.24) is 25.1 Å². The minimum Gasteiger partial charge on any atom is -0.497 e. The minimum atomic E-state index is -0.0434. The summed E-state index contributed by atoms with van der Waals surface area (Å²) in [5.74, 6) is 2.04. The molecule has 0 bridgehead atoms. The molecule has 2 aromatic carbocycles. The second-order valence-corrected chi connectivity index (χ2v) is 9.28. The topological polar surface area (TPSA) is 81.9 Å². The number of amides is 1. The molecule has 4 rings (SSSR count). The third-order valence-electron chi connectivity index (χ3n) is 5.58. The van der Waals surface area contributed by atoms with Crippen molar-refractivity contribution < 1.29 is 9.53 Å². The predicted molar refractivity (Wildman–Crippen MR) is 139 cm³/mol. The summed E-state index contributed by atoms with van der Waals surface area (Å²) in [4.78, 5) is 16.8. The van der Waals surface area contributed by atoms with Crippen molar-refractivity contribution in [2.24, 2.45) is 0 Å². The molecule has 0 radical (unpaired) electrons. The van der Waals surface area contributed by atoms with E-state index in [1.807, 2.05) is 53.1 Å². The lowest BCUT2D eigenvalue weighted by Gasteiger charge is -2.16. The lowest BCUT2D eigenvalue weighted by Crippen LogP contribution is -2.27. The average Bonchev–Trinajstić information content (AvgIpc) is 3.32. The van der Waals surface area contributed by atoms with Gasteiger partial charge in [-0.15, -0.1) is 10.2 Å². The molecule has 0 unspecified atom stereocenters. The van der Waals surface area contributed by atoms with Gasteiger partial charge in [0.1, 0.15) is 5.75 Å². The summed E-state index contributed by atoms with van der Waals surface area (Å²) < 4.78 is 7.22. The number of carbonyl (C=O) groups excluding carboxylic acids is 1. The highest BCUT2D eigenvalue weighted by molar-refractivity contribution is 7.99. The van der Waals surface area contributed by atoms with E-state index in [9.17, 15) is 4.79 Å². The molecule has 0 aliphatic heterocycles. The SMILES string of the molecule is COc1ccc(CCNC(=O)CSc2nnc(-c3cccnc3)n2-c2ccccc2C(C)C)cc1. The van der Waals surface area contributed by atoms with Crippen LogP contribution in [0.4, 0.5) is 0 Å². The number of carbonyl (C=O) groups is 1. The standard InChI is InChI=1S/C27H29N5O2S/c1-19(2)23-8-4-5-9-24(23)32-26(21-7-6-15-28-17-21)30-31-27(32)35-18-25(33)29-16-14-20-10-12-22(34-3)13-11-20/h4-13,15,17,19H,14,16,18H2,1-3H3,(H,29,33). The van der Waals surface area contributed by atoms with Gasteiger partial charge in [-0.2, -0.15) is 0 Å². The van der Waals surface area contributed by atoms with E-state index >= 15 is 0 Å². The van der Waals surface area contributed by atoms with E-state index in [1.54, 1.807) is 19.5 Å². The van der Waals surface area contributed by atoms with Crippen molar-refractivity contribution in [2.75, 3.05) is 19.4 Å². The number of ether oxygens (including phenoxy) is 1. The second kappa shape index (κ2) is 11.7. The summed E-state index contributed by atoms with van der Waals surface area (Å²) in [6, 6.07) is 19.9. The van der Waals surface area contributed by atoms with Crippen LogP contribution in [-0.2, 0) is 11.2 Å². The van der Waals surface area contributed by atoms with Crippen LogP contribution in [0.15, 0.2) is 78.2 Å². The fourth-order valence-corrected chi connectivity index (χ4v) is 4.54. The first-order valence-electron chi connectivity index (χ1n) is 11.5. The molecule has 0 aliphatic carbocycles. The van der Waals surface area contributed by atoms with Gasteiger partial charge in [0.2, 0.25) is 5.91 Å². The summed E-state index contributed by atoms with van der Waals surface area (Å²) in [5.41, 5.74) is 4.20. The highest BCUT2D eigenvalue weighted by atomic mass is 32.2. The number of nitrogens with one attached hydrogen (secondary N) is 1. The lowest BCUT2D eigenvalue weighted by molar-refractivity contribution is -0.118. The number of hydrogen-bond donors (Lipinski definition) is 1. The van der Waals surface area contributed by atoms with E-state index in [2.05, 4.69) is 46.5 Å². The Kier molecular flexibility index (Phi) is 8.15. The van der Waals surface area contributed by atoms with Crippen LogP contribution in [0.25, 0.3) is 17.1 Å². The van der Waals surface area contributed by atoms with E-state index in [4.69, 9.17) is 4.74 Å². The van der Waals surface area contributed by atoms with Crippen LogP contribution in [0.5, 0.6) is 5.75 Å². The van der Waals surface area contributed by atoms with Crippen molar-refractivity contribution in [1.29, 1.82) is 0 Å². The Morgan fingerprint density at radius 3 is 2.57 bits per heavy atom. The zero-order valence-electron chi connectivity index (χ0n) is 20.1. The minimum absolute atomic E-state index is 0.0434. The Labute approximate surface area is 210 Å². The highest BCUT2D eigenvalue weighted by Gasteiger charge is 2.20. The molecule has 0 saturated heterocycles. The Bertz CT molecular complexity index is 1260. The van der Waals surface area contributed by atoms with Gasteiger partial charge in [-0.1, -0.05) is 55.9 Å². The number of pyridine rings is 1. The molecule has 1 N–H and O–H groups in total. The van der Waals surface area contributed by atoms with Gasteiger partial charge >= 0.3 is 0 Å². The van der Waals surface area contributed by atoms with Crippen LogP contribution in [0, 0.1) is 0 Å². The van der Waals surface area contributed by atoms with Crippen molar-refractivity contribution in [2.45, 2.75) is 31.3 Å². The van der Waals surface area contributed by atoms with E-state index in [-0.39, 0.29) is 11.7 Å². The third kappa shape index (κ3) is 6.08. The molecule has 0 fully saturated rings. The van der Waals surface area contributed by atoms with Crippen molar-refractivity contribution in [3.05, 3.63) is 84.2 Å². The Morgan fingerprint density at radius 2 is 1.86 bits per heavy atom. The molecule has 0 aliphatic rings. The van der Waals surface area contributed by atoms with Gasteiger partial charge in [-0.3, -0.25) is 14.3 Å². The Balaban J connectivity index is 1.48. The van der Waals surface area contributed by atoms with Gasteiger partial charge in [0.25, 0.3) is 0 Å². The summed E-state index contributed by atoms with van der Waals surface area (Å²) in [6.45, 7) is 4.89. The zero-order valence-corrected chi connectivity index (χ0v) is 21.0. The second-order valence-electron chi connectivity index (χ2n) is 8.33. The smallest absolute Gasteiger partial charge is 0.230 e. The first-order valence-corrected chi connectivity index (χ1v) is 12.5. The third-order valence-corrected chi connectivity index (χ3v) is 6.51. The van der Waals surface area contributed by atoms with Gasteiger partial charge in [0, 0.05) is 24.5 Å². The zero-order chi connectivity index (χ0) is 24.6. The molecule has 2 aromatic heterocycles. The number of rotatable bonds is 10. The number of benzene rings is 2. The van der Waals surface area contributed by atoms with E-state index < -0.39 is 0 Å². The van der Waals surface area contributed by atoms with Crippen LogP contribution in [0.2, 0.25) is 0 Å². The van der Waals surface area contributed by atoms with Gasteiger partial charge in [0.15, 0.2) is 11.0 Å². The van der Waals surface area contributed by atoms with Crippen LogP contribution < -0.4 is 10.1 Å². The molecular weight excluding hydrogens is 458 g/mol. The molecular formula is C27H29N5O2S. The maximum Gasteiger partial charge on any atom is 0.230 e. The fraction of sp³-hybridized carbons (Fsp3) is 0.259. The predicted octanol–water partition coefficient (Wildman–Crippen LogP) is 4.91. The van der Waals surface area contributed by atoms with Gasteiger partial charge in [-0.05, 0) is 53.8 Å². The number of hydrogen-bond acceptors (Lipinski definition) is 6. The summed E-state index contributed by atoms with van der Waals surface area (Å²) in [7, 11) is 1.65. The van der Waals surface area contributed by atoms with Gasteiger partial charge in [0.05, 0.1) is 18.6 Å². The van der Waals surface area contributed by atoms with Crippen LogP contribution in [-0.4, -0.2) is 45.1 Å². The Morgan fingerprint density at radius 1 is 1.06 bits per heavy atom. The van der Waals surface area contributed by atoms with Crippen LogP contribution in [0.3, 0.4) is 0 Å². The lowest BCUT2D eigenvalue weighted by atomic mass is 10.0. The molecule has 0 atom stereocenters. The van der Waals surface area contributed by atoms with E-state index in [1.165, 1.54) is 17.3 Å². The maximum absolute atomic E-state index is 12.6. The molecule has 0 spiro atoms. The van der Waals surface area contributed by atoms with Gasteiger partial charge < -0.3 is 10.1 Å². The van der Waals surface area contributed by atoms with Crippen LogP contribution >= 0.6 is 11.8 Å². The first-order chi connectivity index (χ1) is 17.1. The molecule has 0 saturated carbocycles. The highest BCUT2D eigenvalue weighted by Crippen LogP contribution is 2.31. The van der Waals surface area contributed by atoms with Crippen molar-refractivity contribution in [3.8, 4) is 22.8 Å². The van der Waals surface area contributed by atoms with Crippen molar-refractivity contribution in [3.63, 3.8) is 0 Å². The fourth-order valence-electron chi connectivity index (χ4n) is 3.76. The normalized spacial score (nSPS) is 11.0. The van der Waals surface area contributed by atoms with E-state index in [0.29, 0.717) is 23.4 Å². The number of aromatic nitrogens is 4. The molecule has 8 heteroatoms. The summed E-state index contributed by atoms with van der Waals surface area (Å²) in [5, 5.41) is 12.6. The van der Waals surface area contributed by atoms with Crippen molar-refractivity contribution >= 4 is 17.7 Å². The molecule has 4 aromatic rings. The molecule has 7 nitrogen and oxygen atoms in total. The molecule has 180 valence electrons. The Hall–Kier alpha value is -3.65. The average molecular weight is 488 g/mol. The molecule has 1 amide bonds. The monoisotopic (exact) mass is 487 g/mol. The van der Waals surface area contributed by atoms with Crippen LogP contribution in [0.1, 0.15) is 30.9 Å². The van der Waals surface area contributed by atoms with Gasteiger partial charge in [-0.25, -0.2) is 0 Å². The number of para-hydroxylation sites is 1. The summed E-state index contributed by atoms with van der Waals surface area (Å²) >= 11 is 1.38. The quantitative estimate of drug-likeness (QED) is 0.320. The number of thioether (sulfide) groups is 1.